The van der Waals surface area contributed by atoms with Crippen molar-refractivity contribution in [3.63, 3.8) is 0 Å². The first-order valence-corrected chi connectivity index (χ1v) is 15.1. The Morgan fingerprint density at radius 2 is 1.81 bits per heavy atom. The summed E-state index contributed by atoms with van der Waals surface area (Å²) in [5.74, 6) is 1.57. The Morgan fingerprint density at radius 1 is 1.00 bits per heavy atom. The van der Waals surface area contributed by atoms with Gasteiger partial charge in [-0.05, 0) is 50.7 Å². The van der Waals surface area contributed by atoms with Gasteiger partial charge < -0.3 is 14.2 Å². The van der Waals surface area contributed by atoms with Crippen LogP contribution in [0.15, 0.2) is 27.6 Å². The Hall–Kier alpha value is -2.48. The van der Waals surface area contributed by atoms with Crippen LogP contribution in [0.25, 0.3) is 11.0 Å². The average molecular weight is 547 g/mol. The van der Waals surface area contributed by atoms with E-state index in [1.807, 2.05) is 4.90 Å². The minimum atomic E-state index is -3.71. The van der Waals surface area contributed by atoms with E-state index in [1.165, 1.54) is 4.31 Å². The molecular formula is C24H30N6O5S2. The third-order valence-electron chi connectivity index (χ3n) is 7.80. The van der Waals surface area contributed by atoms with E-state index in [9.17, 15) is 13.2 Å². The normalized spacial score (nSPS) is 23.0. The van der Waals surface area contributed by atoms with E-state index < -0.39 is 10.0 Å². The van der Waals surface area contributed by atoms with Gasteiger partial charge >= 0.3 is 0 Å². The standard InChI is InChI=1S/C24H30N6O5S2/c31-24(29-10-2-3-18(15-29)23-25-22(26-35-23)16-8-13-34-14-9-16)17-6-11-30(12-7-17)37(32,33)20-5-1-4-19-21(20)28-36-27-19/h1,4-5,16-18H,2-3,6-15H2. The lowest BCUT2D eigenvalue weighted by atomic mass is 9.92. The number of carbonyl (C=O) groups excluding carboxylic acids is 1. The van der Waals surface area contributed by atoms with Crippen LogP contribution in [-0.4, -0.2) is 81.8 Å². The fourth-order valence-corrected chi connectivity index (χ4v) is 7.87. The van der Waals surface area contributed by atoms with E-state index in [4.69, 9.17) is 14.2 Å². The topological polar surface area (TPSA) is 132 Å². The molecule has 0 aliphatic carbocycles. The Balaban J connectivity index is 1.08. The number of carbonyl (C=O) groups is 1. The van der Waals surface area contributed by atoms with Crippen LogP contribution in [0.5, 0.6) is 0 Å². The van der Waals surface area contributed by atoms with Gasteiger partial charge in [-0.25, -0.2) is 8.42 Å². The Morgan fingerprint density at radius 3 is 2.62 bits per heavy atom. The number of sulfonamides is 1. The fourth-order valence-electron chi connectivity index (χ4n) is 5.64. The van der Waals surface area contributed by atoms with Crippen molar-refractivity contribution in [1.82, 2.24) is 28.1 Å². The molecule has 0 saturated carbocycles. The molecule has 6 rings (SSSR count). The molecule has 3 fully saturated rings. The predicted octanol–water partition coefficient (Wildman–Crippen LogP) is 2.78. The number of hydrogen-bond donors (Lipinski definition) is 0. The van der Waals surface area contributed by atoms with Crippen molar-refractivity contribution in [3.8, 4) is 0 Å². The second kappa shape index (κ2) is 10.4. The third-order valence-corrected chi connectivity index (χ3v) is 10.3. The van der Waals surface area contributed by atoms with Gasteiger partial charge in [-0.15, -0.1) is 0 Å². The number of nitrogens with zero attached hydrogens (tertiary/aromatic N) is 6. The molecule has 3 aliphatic heterocycles. The summed E-state index contributed by atoms with van der Waals surface area (Å²) in [5, 5.41) is 4.23. The molecule has 1 aromatic carbocycles. The van der Waals surface area contributed by atoms with E-state index in [1.54, 1.807) is 18.2 Å². The van der Waals surface area contributed by atoms with Crippen LogP contribution in [0, 0.1) is 5.92 Å². The van der Waals surface area contributed by atoms with Crippen LogP contribution in [0.3, 0.4) is 0 Å². The minimum Gasteiger partial charge on any atom is -0.381 e. The van der Waals surface area contributed by atoms with E-state index >= 15 is 0 Å². The molecule has 1 unspecified atom stereocenters. The molecule has 0 radical (unpaired) electrons. The summed E-state index contributed by atoms with van der Waals surface area (Å²) in [6, 6.07) is 5.03. The lowest BCUT2D eigenvalue weighted by Gasteiger charge is -2.36. The van der Waals surface area contributed by atoms with Gasteiger partial charge in [0.25, 0.3) is 0 Å². The van der Waals surface area contributed by atoms with E-state index in [0.717, 1.165) is 56.4 Å². The molecule has 11 nitrogen and oxygen atoms in total. The van der Waals surface area contributed by atoms with Crippen molar-refractivity contribution >= 4 is 38.7 Å². The summed E-state index contributed by atoms with van der Waals surface area (Å²) in [5.41, 5.74) is 0.989. The van der Waals surface area contributed by atoms with Crippen molar-refractivity contribution in [2.24, 2.45) is 5.92 Å². The Kier molecular flexibility index (Phi) is 6.95. The zero-order valence-electron chi connectivity index (χ0n) is 20.5. The first-order valence-electron chi connectivity index (χ1n) is 12.9. The highest BCUT2D eigenvalue weighted by Crippen LogP contribution is 2.32. The zero-order valence-corrected chi connectivity index (χ0v) is 22.1. The van der Waals surface area contributed by atoms with Gasteiger partial charge in [-0.3, -0.25) is 4.79 Å². The number of likely N-dealkylation sites (tertiary alicyclic amines) is 1. The van der Waals surface area contributed by atoms with Crippen LogP contribution >= 0.6 is 11.7 Å². The first kappa shape index (κ1) is 24.8. The lowest BCUT2D eigenvalue weighted by Crippen LogP contribution is -2.46. The van der Waals surface area contributed by atoms with Crippen molar-refractivity contribution in [1.29, 1.82) is 0 Å². The van der Waals surface area contributed by atoms with Crippen molar-refractivity contribution < 1.29 is 22.5 Å². The van der Waals surface area contributed by atoms with Crippen molar-refractivity contribution in [2.75, 3.05) is 39.4 Å². The molecule has 3 saturated heterocycles. The average Bonchev–Trinajstić information content (AvgIpc) is 3.63. The summed E-state index contributed by atoms with van der Waals surface area (Å²) < 4.78 is 47.5. The van der Waals surface area contributed by atoms with Crippen LogP contribution in [-0.2, 0) is 19.6 Å². The summed E-state index contributed by atoms with van der Waals surface area (Å²) in [4.78, 5) is 20.2. The van der Waals surface area contributed by atoms with Gasteiger partial charge in [-0.1, -0.05) is 11.2 Å². The zero-order chi connectivity index (χ0) is 25.4. The number of ether oxygens (including phenoxy) is 1. The monoisotopic (exact) mass is 546 g/mol. The van der Waals surface area contributed by atoms with E-state index in [2.05, 4.69) is 13.9 Å². The van der Waals surface area contributed by atoms with Gasteiger partial charge in [-0.2, -0.15) is 18.0 Å². The molecule has 1 amide bonds. The molecule has 198 valence electrons. The van der Waals surface area contributed by atoms with Crippen LogP contribution in [0.1, 0.15) is 62.1 Å². The molecule has 1 atom stereocenters. The molecular weight excluding hydrogens is 516 g/mol. The van der Waals surface area contributed by atoms with Crippen LogP contribution in [0.4, 0.5) is 0 Å². The maximum absolute atomic E-state index is 13.4. The van der Waals surface area contributed by atoms with Crippen LogP contribution < -0.4 is 0 Å². The summed E-state index contributed by atoms with van der Waals surface area (Å²) >= 11 is 1.00. The highest BCUT2D eigenvalue weighted by molar-refractivity contribution is 7.89. The van der Waals surface area contributed by atoms with Gasteiger partial charge in [0.05, 0.1) is 17.6 Å². The summed E-state index contributed by atoms with van der Waals surface area (Å²) in [6.07, 6.45) is 4.59. The molecule has 3 aromatic rings. The van der Waals surface area contributed by atoms with Crippen molar-refractivity contribution in [2.45, 2.75) is 55.3 Å². The molecule has 3 aliphatic rings. The molecule has 5 heterocycles. The summed E-state index contributed by atoms with van der Waals surface area (Å²) in [6.45, 7) is 3.32. The molecule has 0 spiro atoms. The van der Waals surface area contributed by atoms with Gasteiger partial charge in [0, 0.05) is 51.2 Å². The van der Waals surface area contributed by atoms with Crippen LogP contribution in [0.2, 0.25) is 0 Å². The molecule has 13 heteroatoms. The smallest absolute Gasteiger partial charge is 0.245 e. The SMILES string of the molecule is O=C(C1CCN(S(=O)(=O)c2cccc3nsnc23)CC1)N1CCCC(c2nc(C3CCOCC3)no2)C1. The number of piperidine rings is 2. The van der Waals surface area contributed by atoms with Gasteiger partial charge in [0.2, 0.25) is 21.8 Å². The van der Waals surface area contributed by atoms with Crippen molar-refractivity contribution in [3.05, 3.63) is 29.9 Å². The van der Waals surface area contributed by atoms with E-state index in [0.29, 0.717) is 55.9 Å². The second-order valence-corrected chi connectivity index (χ2v) is 12.5. The van der Waals surface area contributed by atoms with Gasteiger partial charge in [0.15, 0.2) is 5.82 Å². The lowest BCUT2D eigenvalue weighted by molar-refractivity contribution is -0.138. The number of rotatable bonds is 5. The van der Waals surface area contributed by atoms with Gasteiger partial charge in [0.1, 0.15) is 15.9 Å². The summed E-state index contributed by atoms with van der Waals surface area (Å²) in [7, 11) is -3.71. The quantitative estimate of drug-likeness (QED) is 0.474. The molecule has 2 aromatic heterocycles. The predicted molar refractivity (Wildman–Crippen MR) is 135 cm³/mol. The molecule has 0 N–H and O–H groups in total. The highest BCUT2D eigenvalue weighted by atomic mass is 32.2. The largest absolute Gasteiger partial charge is 0.381 e. The third kappa shape index (κ3) is 4.89. The number of aromatic nitrogens is 4. The number of amides is 1. The Bertz CT molecular complexity index is 1360. The number of hydrogen-bond acceptors (Lipinski definition) is 10. The number of benzene rings is 1. The first-order chi connectivity index (χ1) is 18.0. The minimum absolute atomic E-state index is 0.0338. The Labute approximate surface area is 219 Å². The molecule has 0 bridgehead atoms. The highest BCUT2D eigenvalue weighted by Gasteiger charge is 2.37. The van der Waals surface area contributed by atoms with E-state index in [-0.39, 0.29) is 28.6 Å². The number of fused-ring (bicyclic) bond motifs is 1. The molecule has 37 heavy (non-hydrogen) atoms. The maximum Gasteiger partial charge on any atom is 0.245 e. The fraction of sp³-hybridized carbons (Fsp3) is 0.625. The second-order valence-electron chi connectivity index (χ2n) is 10.1. The maximum atomic E-state index is 13.4.